The Kier molecular flexibility index (Phi) is 9.80. The van der Waals surface area contributed by atoms with Crippen molar-refractivity contribution in [1.29, 1.82) is 0 Å². The zero-order chi connectivity index (χ0) is 16.5. The maximum absolute atomic E-state index is 12.0. The molecule has 0 aromatic heterocycles. The number of halogens is 1. The first-order chi connectivity index (χ1) is 11.2. The van der Waals surface area contributed by atoms with E-state index in [0.29, 0.717) is 19.6 Å². The summed E-state index contributed by atoms with van der Waals surface area (Å²) < 4.78 is 5.47. The molecule has 0 bridgehead atoms. The van der Waals surface area contributed by atoms with E-state index >= 15 is 0 Å². The van der Waals surface area contributed by atoms with Crippen molar-refractivity contribution < 1.29 is 9.53 Å². The van der Waals surface area contributed by atoms with Crippen molar-refractivity contribution in [2.45, 2.75) is 45.4 Å². The molecular formula is C19H31ClN2O2. The van der Waals surface area contributed by atoms with E-state index in [2.05, 4.69) is 24.3 Å². The first kappa shape index (κ1) is 20.8. The van der Waals surface area contributed by atoms with Crippen LogP contribution < -0.4 is 10.5 Å². The third-order valence-corrected chi connectivity index (χ3v) is 4.64. The lowest BCUT2D eigenvalue weighted by Gasteiger charge is -2.32. The number of nitrogens with zero attached hydrogens (tertiary/aromatic N) is 1. The fourth-order valence-corrected chi connectivity index (χ4v) is 3.17. The van der Waals surface area contributed by atoms with Crippen molar-refractivity contribution in [1.82, 2.24) is 4.90 Å². The molecule has 0 aliphatic carbocycles. The van der Waals surface area contributed by atoms with E-state index in [1.54, 1.807) is 0 Å². The summed E-state index contributed by atoms with van der Waals surface area (Å²) in [6.07, 6.45) is 5.98. The Morgan fingerprint density at radius 1 is 1.25 bits per heavy atom. The first-order valence-corrected chi connectivity index (χ1v) is 8.92. The Morgan fingerprint density at radius 3 is 2.50 bits per heavy atom. The van der Waals surface area contributed by atoms with Gasteiger partial charge in [-0.25, -0.2) is 0 Å². The van der Waals surface area contributed by atoms with Crippen molar-refractivity contribution in [3.05, 3.63) is 29.8 Å². The van der Waals surface area contributed by atoms with Gasteiger partial charge in [0.2, 0.25) is 5.91 Å². The Morgan fingerprint density at radius 2 is 1.92 bits per heavy atom. The minimum absolute atomic E-state index is 0. The zero-order valence-corrected chi connectivity index (χ0v) is 15.5. The molecule has 24 heavy (non-hydrogen) atoms. The van der Waals surface area contributed by atoms with Crippen molar-refractivity contribution in [3.8, 4) is 5.75 Å². The number of carbonyl (C=O) groups excluding carboxylic acids is 1. The molecule has 1 fully saturated rings. The molecule has 1 aliphatic heterocycles. The monoisotopic (exact) mass is 354 g/mol. The number of nitrogens with two attached hydrogens (primary N) is 1. The average molecular weight is 355 g/mol. The summed E-state index contributed by atoms with van der Waals surface area (Å²) in [6, 6.07) is 8.43. The number of hydrogen-bond acceptors (Lipinski definition) is 3. The predicted octanol–water partition coefficient (Wildman–Crippen LogP) is 3.42. The number of hydrogen-bond donors (Lipinski definition) is 1. The van der Waals surface area contributed by atoms with Gasteiger partial charge in [0.1, 0.15) is 5.75 Å². The molecule has 1 saturated heterocycles. The van der Waals surface area contributed by atoms with Crippen LogP contribution in [0.1, 0.15) is 44.6 Å². The molecule has 0 radical (unpaired) electrons. The molecule has 1 aromatic carbocycles. The van der Waals surface area contributed by atoms with Crippen LogP contribution in [0.15, 0.2) is 24.3 Å². The molecule has 0 atom stereocenters. The molecule has 1 amide bonds. The molecule has 2 rings (SSSR count). The number of piperidine rings is 1. The highest BCUT2D eigenvalue weighted by atomic mass is 35.5. The maximum Gasteiger partial charge on any atom is 0.222 e. The standard InChI is InChI=1S/C19H30N2O2.ClH/c1-2-23-18-9-7-16(8-10-18)5-6-17-11-14-21(15-12-17)19(22)4-3-13-20;/h7-10,17H,2-6,11-15,20H2,1H3;1H. The Labute approximate surface area is 152 Å². The summed E-state index contributed by atoms with van der Waals surface area (Å²) in [5, 5.41) is 0. The highest BCUT2D eigenvalue weighted by Crippen LogP contribution is 2.23. The largest absolute Gasteiger partial charge is 0.494 e. The van der Waals surface area contributed by atoms with E-state index in [4.69, 9.17) is 10.5 Å². The van der Waals surface area contributed by atoms with Crippen molar-refractivity contribution >= 4 is 18.3 Å². The van der Waals surface area contributed by atoms with Crippen LogP contribution in [0.4, 0.5) is 0 Å². The van der Waals surface area contributed by atoms with E-state index in [1.165, 1.54) is 12.0 Å². The van der Waals surface area contributed by atoms with Crippen LogP contribution in [0.5, 0.6) is 5.75 Å². The van der Waals surface area contributed by atoms with Gasteiger partial charge in [0, 0.05) is 19.5 Å². The van der Waals surface area contributed by atoms with Crippen LogP contribution in [0.2, 0.25) is 0 Å². The highest BCUT2D eigenvalue weighted by Gasteiger charge is 2.22. The van der Waals surface area contributed by atoms with E-state index in [0.717, 1.165) is 50.4 Å². The zero-order valence-electron chi connectivity index (χ0n) is 14.7. The molecule has 0 spiro atoms. The second-order valence-corrected chi connectivity index (χ2v) is 6.33. The van der Waals surface area contributed by atoms with Crippen LogP contribution in [0.25, 0.3) is 0 Å². The summed E-state index contributed by atoms with van der Waals surface area (Å²) in [6.45, 7) is 5.14. The summed E-state index contributed by atoms with van der Waals surface area (Å²) >= 11 is 0. The van der Waals surface area contributed by atoms with Gasteiger partial charge < -0.3 is 15.4 Å². The number of ether oxygens (including phenoxy) is 1. The molecule has 5 heteroatoms. The number of amides is 1. The quantitative estimate of drug-likeness (QED) is 0.778. The van der Waals surface area contributed by atoms with Gasteiger partial charge in [0.05, 0.1) is 6.61 Å². The predicted molar refractivity (Wildman–Crippen MR) is 101 cm³/mol. The third-order valence-electron chi connectivity index (χ3n) is 4.64. The van der Waals surface area contributed by atoms with Gasteiger partial charge in [0.25, 0.3) is 0 Å². The fourth-order valence-electron chi connectivity index (χ4n) is 3.17. The second kappa shape index (κ2) is 11.3. The van der Waals surface area contributed by atoms with E-state index < -0.39 is 0 Å². The lowest BCUT2D eigenvalue weighted by molar-refractivity contribution is -0.132. The minimum atomic E-state index is 0. The first-order valence-electron chi connectivity index (χ1n) is 8.92. The van der Waals surface area contributed by atoms with Crippen LogP contribution in [-0.2, 0) is 11.2 Å². The van der Waals surface area contributed by atoms with Gasteiger partial charge in [0.15, 0.2) is 0 Å². The van der Waals surface area contributed by atoms with E-state index in [1.807, 2.05) is 11.8 Å². The highest BCUT2D eigenvalue weighted by molar-refractivity contribution is 5.85. The van der Waals surface area contributed by atoms with Gasteiger partial charge in [-0.05, 0) is 69.2 Å². The average Bonchev–Trinajstić information content (AvgIpc) is 2.60. The van der Waals surface area contributed by atoms with Crippen LogP contribution in [-0.4, -0.2) is 37.0 Å². The van der Waals surface area contributed by atoms with Gasteiger partial charge in [-0.3, -0.25) is 4.79 Å². The Hall–Kier alpha value is -1.26. The maximum atomic E-state index is 12.0. The molecular weight excluding hydrogens is 324 g/mol. The Balaban J connectivity index is 0.00000288. The van der Waals surface area contributed by atoms with Gasteiger partial charge >= 0.3 is 0 Å². The summed E-state index contributed by atoms with van der Waals surface area (Å²) in [4.78, 5) is 14.0. The van der Waals surface area contributed by atoms with Gasteiger partial charge in [-0.15, -0.1) is 12.4 Å². The SMILES string of the molecule is CCOc1ccc(CCC2CCN(C(=O)CCCN)CC2)cc1.Cl. The van der Waals surface area contributed by atoms with Crippen molar-refractivity contribution in [2.75, 3.05) is 26.2 Å². The number of likely N-dealkylation sites (tertiary alicyclic amines) is 1. The minimum Gasteiger partial charge on any atom is -0.494 e. The molecule has 4 nitrogen and oxygen atoms in total. The fraction of sp³-hybridized carbons (Fsp3) is 0.632. The molecule has 0 saturated carbocycles. The van der Waals surface area contributed by atoms with Crippen molar-refractivity contribution in [3.63, 3.8) is 0 Å². The van der Waals surface area contributed by atoms with E-state index in [9.17, 15) is 4.79 Å². The van der Waals surface area contributed by atoms with Crippen LogP contribution in [0.3, 0.4) is 0 Å². The number of rotatable bonds is 8. The lowest BCUT2D eigenvalue weighted by atomic mass is 9.90. The summed E-state index contributed by atoms with van der Waals surface area (Å²) in [5.74, 6) is 1.96. The topological polar surface area (TPSA) is 55.6 Å². The number of aryl methyl sites for hydroxylation is 1. The number of benzene rings is 1. The van der Waals surface area contributed by atoms with Crippen molar-refractivity contribution in [2.24, 2.45) is 11.7 Å². The molecule has 1 aromatic rings. The second-order valence-electron chi connectivity index (χ2n) is 6.33. The Bertz CT molecular complexity index is 471. The van der Waals surface area contributed by atoms with E-state index in [-0.39, 0.29) is 18.3 Å². The molecule has 1 heterocycles. The van der Waals surface area contributed by atoms with Gasteiger partial charge in [-0.2, -0.15) is 0 Å². The van der Waals surface area contributed by atoms with Crippen LogP contribution >= 0.6 is 12.4 Å². The number of carbonyl (C=O) groups is 1. The summed E-state index contributed by atoms with van der Waals surface area (Å²) in [5.41, 5.74) is 6.84. The van der Waals surface area contributed by atoms with Gasteiger partial charge in [-0.1, -0.05) is 12.1 Å². The molecule has 2 N–H and O–H groups in total. The third kappa shape index (κ3) is 6.70. The lowest BCUT2D eigenvalue weighted by Crippen LogP contribution is -2.38. The smallest absolute Gasteiger partial charge is 0.222 e. The molecule has 136 valence electrons. The summed E-state index contributed by atoms with van der Waals surface area (Å²) in [7, 11) is 0. The van der Waals surface area contributed by atoms with Crippen LogP contribution in [0, 0.1) is 5.92 Å². The molecule has 1 aliphatic rings. The molecule has 0 unspecified atom stereocenters. The normalized spacial score (nSPS) is 15.0.